The number of hydrogen-bond donors (Lipinski definition) is 0. The highest BCUT2D eigenvalue weighted by Crippen LogP contribution is 2.33. The van der Waals surface area contributed by atoms with Gasteiger partial charge in [0.15, 0.2) is 5.78 Å². The van der Waals surface area contributed by atoms with E-state index in [1.54, 1.807) is 13.0 Å². The first kappa shape index (κ1) is 22.3. The summed E-state index contributed by atoms with van der Waals surface area (Å²) >= 11 is 0. The van der Waals surface area contributed by atoms with Crippen LogP contribution in [0.4, 0.5) is 13.2 Å². The van der Waals surface area contributed by atoms with Crippen LogP contribution in [-0.2, 0) is 9.53 Å². The van der Waals surface area contributed by atoms with Gasteiger partial charge in [0.05, 0.1) is 26.4 Å². The van der Waals surface area contributed by atoms with Crippen LogP contribution in [-0.4, -0.2) is 32.6 Å². The highest BCUT2D eigenvalue weighted by Gasteiger charge is 2.29. The summed E-state index contributed by atoms with van der Waals surface area (Å²) in [5.41, 5.74) is -0.541. The molecule has 0 amide bonds. The zero-order valence-corrected chi connectivity index (χ0v) is 16.3. The Morgan fingerprint density at radius 1 is 0.931 bits per heavy atom. The quantitative estimate of drug-likeness (QED) is 0.452. The highest BCUT2D eigenvalue weighted by molar-refractivity contribution is 6.01. The molecule has 0 saturated carbocycles. The van der Waals surface area contributed by atoms with Gasteiger partial charge in [-0.1, -0.05) is 0 Å². The maximum absolute atomic E-state index is 14.2. The molecule has 0 radical (unpaired) electrons. The van der Waals surface area contributed by atoms with Gasteiger partial charge < -0.3 is 14.2 Å². The number of Topliss-reactive ketones (excluding diaryl/α,β-unsaturated/α-hetero) is 1. The monoisotopic (exact) mass is 410 g/mol. The molecule has 0 saturated heterocycles. The van der Waals surface area contributed by atoms with Crippen LogP contribution in [0.1, 0.15) is 41.6 Å². The lowest BCUT2D eigenvalue weighted by atomic mass is 9.86. The molecule has 5 nitrogen and oxygen atoms in total. The van der Waals surface area contributed by atoms with Crippen molar-refractivity contribution in [2.45, 2.75) is 25.7 Å². The van der Waals surface area contributed by atoms with Gasteiger partial charge in [-0.15, -0.1) is 0 Å². The predicted molar refractivity (Wildman–Crippen MR) is 98.8 cm³/mol. The van der Waals surface area contributed by atoms with Crippen LogP contribution in [0.3, 0.4) is 0 Å². The lowest BCUT2D eigenvalue weighted by Crippen LogP contribution is -2.19. The van der Waals surface area contributed by atoms with E-state index in [0.717, 1.165) is 0 Å². The maximum atomic E-state index is 14.2. The van der Waals surface area contributed by atoms with Crippen molar-refractivity contribution in [3.63, 3.8) is 0 Å². The molecule has 2 aromatic rings. The Balaban J connectivity index is 2.50. The van der Waals surface area contributed by atoms with Crippen molar-refractivity contribution in [1.29, 1.82) is 0 Å². The third kappa shape index (κ3) is 5.49. The lowest BCUT2D eigenvalue weighted by molar-refractivity contribution is -0.143. The minimum atomic E-state index is -1.32. The van der Waals surface area contributed by atoms with Crippen molar-refractivity contribution in [2.24, 2.45) is 0 Å². The molecule has 0 spiro atoms. The van der Waals surface area contributed by atoms with Crippen molar-refractivity contribution in [1.82, 2.24) is 0 Å². The average Bonchev–Trinajstić information content (AvgIpc) is 2.67. The van der Waals surface area contributed by atoms with E-state index in [1.807, 2.05) is 0 Å². The summed E-state index contributed by atoms with van der Waals surface area (Å²) in [5.74, 6) is -5.66. The van der Waals surface area contributed by atoms with Gasteiger partial charge >= 0.3 is 5.97 Å². The summed E-state index contributed by atoms with van der Waals surface area (Å²) in [4.78, 5) is 24.8. The molecule has 1 atom stereocenters. The van der Waals surface area contributed by atoms with Gasteiger partial charge in [0.1, 0.15) is 29.0 Å². The fourth-order valence-electron chi connectivity index (χ4n) is 2.93. The summed E-state index contributed by atoms with van der Waals surface area (Å²) in [5, 5.41) is 0. The zero-order chi connectivity index (χ0) is 21.6. The predicted octanol–water partition coefficient (Wildman–Crippen LogP) is 4.43. The molecule has 0 aliphatic carbocycles. The fourth-order valence-corrected chi connectivity index (χ4v) is 2.93. The molecule has 0 aliphatic heterocycles. The Morgan fingerprint density at radius 2 is 1.48 bits per heavy atom. The SMILES string of the molecule is CCOC(=O)CCC(C(=O)c1c(F)cc(F)cc1F)c1cc(OC)cc(OC)c1. The van der Waals surface area contributed by atoms with Crippen LogP contribution in [0.15, 0.2) is 30.3 Å². The summed E-state index contributed by atoms with van der Waals surface area (Å²) in [6, 6.07) is 5.45. The number of rotatable bonds is 9. The topological polar surface area (TPSA) is 61.8 Å². The molecule has 0 N–H and O–H groups in total. The number of esters is 1. The Labute approximate surface area is 166 Å². The summed E-state index contributed by atoms with van der Waals surface area (Å²) in [7, 11) is 2.82. The number of ketones is 1. The first-order valence-corrected chi connectivity index (χ1v) is 8.88. The van der Waals surface area contributed by atoms with E-state index in [9.17, 15) is 22.8 Å². The number of carbonyl (C=O) groups is 2. The van der Waals surface area contributed by atoms with Crippen molar-refractivity contribution < 1.29 is 37.0 Å². The van der Waals surface area contributed by atoms with Crippen LogP contribution >= 0.6 is 0 Å². The lowest BCUT2D eigenvalue weighted by Gasteiger charge is -2.19. The Morgan fingerprint density at radius 3 is 1.97 bits per heavy atom. The van der Waals surface area contributed by atoms with Gasteiger partial charge in [0, 0.05) is 30.5 Å². The van der Waals surface area contributed by atoms with Crippen LogP contribution < -0.4 is 9.47 Å². The molecular formula is C21H21F3O5. The zero-order valence-electron chi connectivity index (χ0n) is 16.3. The van der Waals surface area contributed by atoms with Crippen LogP contribution in [0.2, 0.25) is 0 Å². The molecule has 29 heavy (non-hydrogen) atoms. The van der Waals surface area contributed by atoms with Crippen LogP contribution in [0.5, 0.6) is 11.5 Å². The third-order valence-corrected chi connectivity index (χ3v) is 4.29. The number of hydrogen-bond acceptors (Lipinski definition) is 5. The first-order valence-electron chi connectivity index (χ1n) is 8.88. The number of benzene rings is 2. The van der Waals surface area contributed by atoms with Gasteiger partial charge in [-0.3, -0.25) is 9.59 Å². The Bertz CT molecular complexity index is 853. The second-order valence-electron chi connectivity index (χ2n) is 6.15. The molecule has 8 heteroatoms. The summed E-state index contributed by atoms with van der Waals surface area (Å²) < 4.78 is 56.9. The fraction of sp³-hybridized carbons (Fsp3) is 0.333. The number of ether oxygens (including phenoxy) is 3. The normalized spacial score (nSPS) is 11.7. The molecule has 0 heterocycles. The standard InChI is InChI=1S/C21H21F3O5/c1-4-29-19(25)6-5-16(12-7-14(27-2)11-15(8-12)28-3)21(26)20-17(23)9-13(22)10-18(20)24/h7-11,16H,4-6H2,1-3H3. The van der Waals surface area contributed by atoms with Gasteiger partial charge in [-0.05, 0) is 31.0 Å². The minimum Gasteiger partial charge on any atom is -0.497 e. The summed E-state index contributed by atoms with van der Waals surface area (Å²) in [6.45, 7) is 1.79. The molecule has 2 rings (SSSR count). The van der Waals surface area contributed by atoms with Crippen molar-refractivity contribution in [3.05, 3.63) is 58.9 Å². The van der Waals surface area contributed by atoms with Crippen LogP contribution in [0, 0.1) is 17.5 Å². The molecule has 0 aromatic heterocycles. The number of methoxy groups -OCH3 is 2. The van der Waals surface area contributed by atoms with Gasteiger partial charge in [-0.25, -0.2) is 13.2 Å². The van der Waals surface area contributed by atoms with E-state index >= 15 is 0 Å². The summed E-state index contributed by atoms with van der Waals surface area (Å²) in [6.07, 6.45) is -0.238. The average molecular weight is 410 g/mol. The smallest absolute Gasteiger partial charge is 0.305 e. The molecule has 0 fully saturated rings. The molecule has 156 valence electrons. The molecule has 2 aromatic carbocycles. The van der Waals surface area contributed by atoms with E-state index in [0.29, 0.717) is 29.2 Å². The van der Waals surface area contributed by atoms with E-state index < -0.39 is 40.7 Å². The Hall–Kier alpha value is -3.03. The number of halogens is 3. The van der Waals surface area contributed by atoms with E-state index in [4.69, 9.17) is 14.2 Å². The Kier molecular flexibility index (Phi) is 7.64. The van der Waals surface area contributed by atoms with Crippen molar-refractivity contribution in [2.75, 3.05) is 20.8 Å². The molecular weight excluding hydrogens is 389 g/mol. The van der Waals surface area contributed by atoms with Crippen molar-refractivity contribution >= 4 is 11.8 Å². The van der Waals surface area contributed by atoms with Gasteiger partial charge in [0.25, 0.3) is 0 Å². The second-order valence-corrected chi connectivity index (χ2v) is 6.15. The molecule has 1 unspecified atom stereocenters. The molecule has 0 aliphatic rings. The minimum absolute atomic E-state index is 0.0791. The van der Waals surface area contributed by atoms with Crippen LogP contribution in [0.25, 0.3) is 0 Å². The largest absolute Gasteiger partial charge is 0.497 e. The first-order chi connectivity index (χ1) is 13.8. The number of carbonyl (C=O) groups excluding carboxylic acids is 2. The van der Waals surface area contributed by atoms with Gasteiger partial charge in [0.2, 0.25) is 0 Å². The van der Waals surface area contributed by atoms with Gasteiger partial charge in [-0.2, -0.15) is 0 Å². The van der Waals surface area contributed by atoms with E-state index in [2.05, 4.69) is 0 Å². The van der Waals surface area contributed by atoms with Crippen molar-refractivity contribution in [3.8, 4) is 11.5 Å². The van der Waals surface area contributed by atoms with E-state index in [1.165, 1.54) is 26.4 Å². The second kappa shape index (κ2) is 9.95. The molecule has 0 bridgehead atoms. The van der Waals surface area contributed by atoms with E-state index in [-0.39, 0.29) is 19.4 Å². The highest BCUT2D eigenvalue weighted by atomic mass is 19.1. The maximum Gasteiger partial charge on any atom is 0.305 e. The third-order valence-electron chi connectivity index (χ3n) is 4.29.